The monoisotopic (exact) mass is 268 g/mol. The van der Waals surface area contributed by atoms with Gasteiger partial charge >= 0.3 is 6.03 Å². The summed E-state index contributed by atoms with van der Waals surface area (Å²) >= 11 is 3.45. The van der Waals surface area contributed by atoms with Crippen LogP contribution in [0.4, 0.5) is 10.5 Å². The second-order valence-electron chi connectivity index (χ2n) is 3.81. The minimum atomic E-state index is -0.121. The maximum absolute atomic E-state index is 11.5. The van der Waals surface area contributed by atoms with E-state index >= 15 is 0 Å². The van der Waals surface area contributed by atoms with Crippen molar-refractivity contribution >= 4 is 27.6 Å². The number of rotatable bonds is 2. The number of carbonyl (C=O) groups is 1. The van der Waals surface area contributed by atoms with E-state index in [1.54, 1.807) is 0 Å². The topological polar surface area (TPSA) is 41.1 Å². The van der Waals surface area contributed by atoms with Crippen molar-refractivity contribution < 1.29 is 4.79 Å². The van der Waals surface area contributed by atoms with Crippen molar-refractivity contribution in [2.45, 2.75) is 25.8 Å². The number of halogens is 1. The highest BCUT2D eigenvalue weighted by Crippen LogP contribution is 2.26. The molecule has 4 heteroatoms. The molecule has 0 heterocycles. The van der Waals surface area contributed by atoms with Crippen molar-refractivity contribution in [2.75, 3.05) is 5.32 Å². The van der Waals surface area contributed by atoms with Gasteiger partial charge in [-0.15, -0.1) is 0 Å². The summed E-state index contributed by atoms with van der Waals surface area (Å²) in [6.07, 6.45) is 2.20. The molecular weight excluding hydrogens is 256 g/mol. The van der Waals surface area contributed by atoms with E-state index in [4.69, 9.17) is 0 Å². The highest BCUT2D eigenvalue weighted by atomic mass is 79.9. The Balaban J connectivity index is 2.02. The van der Waals surface area contributed by atoms with Crippen LogP contribution in [0.1, 0.15) is 18.4 Å². The average Bonchev–Trinajstić information content (AvgIpc) is 2.97. The van der Waals surface area contributed by atoms with Crippen LogP contribution in [-0.2, 0) is 0 Å². The third-order valence-corrected chi connectivity index (χ3v) is 3.41. The fourth-order valence-corrected chi connectivity index (χ4v) is 1.68. The van der Waals surface area contributed by atoms with Gasteiger partial charge in [0.15, 0.2) is 0 Å². The van der Waals surface area contributed by atoms with E-state index in [9.17, 15) is 4.79 Å². The Morgan fingerprint density at radius 1 is 1.47 bits per heavy atom. The SMILES string of the molecule is Cc1cccc(NC(=O)NC2CC2)c1Br. The van der Waals surface area contributed by atoms with Gasteiger partial charge in [0, 0.05) is 10.5 Å². The zero-order valence-electron chi connectivity index (χ0n) is 8.51. The van der Waals surface area contributed by atoms with Gasteiger partial charge in [-0.3, -0.25) is 0 Å². The lowest BCUT2D eigenvalue weighted by molar-refractivity contribution is 0.251. The molecular formula is C11H13BrN2O. The van der Waals surface area contributed by atoms with Crippen LogP contribution < -0.4 is 10.6 Å². The standard InChI is InChI=1S/C11H13BrN2O/c1-7-3-2-4-9(10(7)12)14-11(15)13-8-5-6-8/h2-4,8H,5-6H2,1H3,(H2,13,14,15). The summed E-state index contributed by atoms with van der Waals surface area (Å²) in [4.78, 5) is 11.5. The van der Waals surface area contributed by atoms with Crippen LogP contribution >= 0.6 is 15.9 Å². The molecule has 0 saturated heterocycles. The summed E-state index contributed by atoms with van der Waals surface area (Å²) in [5, 5.41) is 5.70. The van der Waals surface area contributed by atoms with Crippen LogP contribution in [0.15, 0.2) is 22.7 Å². The van der Waals surface area contributed by atoms with Crippen LogP contribution in [0.5, 0.6) is 0 Å². The molecule has 0 spiro atoms. The summed E-state index contributed by atoms with van der Waals surface area (Å²) in [6, 6.07) is 6.06. The molecule has 0 aliphatic heterocycles. The van der Waals surface area contributed by atoms with Gasteiger partial charge in [-0.1, -0.05) is 12.1 Å². The van der Waals surface area contributed by atoms with Crippen LogP contribution in [-0.4, -0.2) is 12.1 Å². The zero-order valence-corrected chi connectivity index (χ0v) is 10.1. The first-order chi connectivity index (χ1) is 7.16. The fraction of sp³-hybridized carbons (Fsp3) is 0.364. The first-order valence-corrected chi connectivity index (χ1v) is 5.79. The molecule has 80 valence electrons. The minimum absolute atomic E-state index is 0.121. The van der Waals surface area contributed by atoms with Crippen LogP contribution in [0, 0.1) is 6.92 Å². The molecule has 0 aromatic heterocycles. The first-order valence-electron chi connectivity index (χ1n) is 4.99. The van der Waals surface area contributed by atoms with Crippen molar-refractivity contribution in [3.63, 3.8) is 0 Å². The minimum Gasteiger partial charge on any atom is -0.335 e. The Kier molecular flexibility index (Phi) is 2.95. The molecule has 3 nitrogen and oxygen atoms in total. The van der Waals surface area contributed by atoms with Gasteiger partial charge in [-0.05, 0) is 47.3 Å². The lowest BCUT2D eigenvalue weighted by atomic mass is 10.2. The number of amides is 2. The van der Waals surface area contributed by atoms with Crippen molar-refractivity contribution in [3.05, 3.63) is 28.2 Å². The zero-order chi connectivity index (χ0) is 10.8. The molecule has 1 aliphatic carbocycles. The summed E-state index contributed by atoms with van der Waals surface area (Å²) < 4.78 is 0.941. The Morgan fingerprint density at radius 3 is 2.87 bits per heavy atom. The third-order valence-electron chi connectivity index (χ3n) is 2.35. The Bertz CT molecular complexity index is 388. The van der Waals surface area contributed by atoms with Gasteiger partial charge in [0.1, 0.15) is 0 Å². The molecule has 15 heavy (non-hydrogen) atoms. The van der Waals surface area contributed by atoms with E-state index in [0.29, 0.717) is 6.04 Å². The summed E-state index contributed by atoms with van der Waals surface area (Å²) in [7, 11) is 0. The Hall–Kier alpha value is -1.03. The maximum Gasteiger partial charge on any atom is 0.319 e. The highest BCUT2D eigenvalue weighted by molar-refractivity contribution is 9.10. The van der Waals surface area contributed by atoms with Gasteiger partial charge < -0.3 is 10.6 Å². The molecule has 2 N–H and O–H groups in total. The molecule has 1 aliphatic rings. The van der Waals surface area contributed by atoms with Crippen molar-refractivity contribution in [2.24, 2.45) is 0 Å². The molecule has 0 radical (unpaired) electrons. The predicted molar refractivity (Wildman–Crippen MR) is 64.1 cm³/mol. The highest BCUT2D eigenvalue weighted by Gasteiger charge is 2.23. The van der Waals surface area contributed by atoms with Gasteiger partial charge in [0.25, 0.3) is 0 Å². The molecule has 0 atom stereocenters. The molecule has 1 aromatic carbocycles. The van der Waals surface area contributed by atoms with Gasteiger partial charge in [0.05, 0.1) is 5.69 Å². The smallest absolute Gasteiger partial charge is 0.319 e. The average molecular weight is 269 g/mol. The van der Waals surface area contributed by atoms with E-state index in [1.165, 1.54) is 0 Å². The van der Waals surface area contributed by atoms with Crippen LogP contribution in [0.2, 0.25) is 0 Å². The number of hydrogen-bond donors (Lipinski definition) is 2. The van der Waals surface area contributed by atoms with Crippen LogP contribution in [0.25, 0.3) is 0 Å². The number of aryl methyl sites for hydroxylation is 1. The molecule has 1 aromatic rings. The molecule has 0 unspecified atom stereocenters. The largest absolute Gasteiger partial charge is 0.335 e. The molecule has 0 bridgehead atoms. The van der Waals surface area contributed by atoms with Crippen LogP contribution in [0.3, 0.4) is 0 Å². The summed E-state index contributed by atoms with van der Waals surface area (Å²) in [5.41, 5.74) is 1.92. The number of anilines is 1. The molecule has 1 saturated carbocycles. The number of benzene rings is 1. The maximum atomic E-state index is 11.5. The third kappa shape index (κ3) is 2.72. The lowest BCUT2D eigenvalue weighted by Gasteiger charge is -2.09. The van der Waals surface area contributed by atoms with Crippen molar-refractivity contribution in [1.82, 2.24) is 5.32 Å². The number of carbonyl (C=O) groups excluding carboxylic acids is 1. The van der Waals surface area contributed by atoms with Gasteiger partial charge in [0.2, 0.25) is 0 Å². The normalized spacial score (nSPS) is 14.8. The summed E-state index contributed by atoms with van der Waals surface area (Å²) in [5.74, 6) is 0. The van der Waals surface area contributed by atoms with E-state index in [0.717, 1.165) is 28.6 Å². The second-order valence-corrected chi connectivity index (χ2v) is 4.60. The number of hydrogen-bond acceptors (Lipinski definition) is 1. The molecule has 1 fully saturated rings. The Morgan fingerprint density at radius 2 is 2.20 bits per heavy atom. The number of urea groups is 1. The fourth-order valence-electron chi connectivity index (χ4n) is 1.32. The van der Waals surface area contributed by atoms with E-state index in [1.807, 2.05) is 25.1 Å². The summed E-state index contributed by atoms with van der Waals surface area (Å²) in [6.45, 7) is 1.99. The van der Waals surface area contributed by atoms with E-state index in [-0.39, 0.29) is 6.03 Å². The molecule has 2 amide bonds. The van der Waals surface area contributed by atoms with E-state index in [2.05, 4.69) is 26.6 Å². The van der Waals surface area contributed by atoms with E-state index < -0.39 is 0 Å². The van der Waals surface area contributed by atoms with Crippen molar-refractivity contribution in [1.29, 1.82) is 0 Å². The predicted octanol–water partition coefficient (Wildman–Crippen LogP) is 3.04. The number of nitrogens with one attached hydrogen (secondary N) is 2. The second kappa shape index (κ2) is 4.23. The lowest BCUT2D eigenvalue weighted by Crippen LogP contribution is -2.30. The van der Waals surface area contributed by atoms with Gasteiger partial charge in [-0.2, -0.15) is 0 Å². The van der Waals surface area contributed by atoms with Gasteiger partial charge in [-0.25, -0.2) is 4.79 Å². The molecule has 2 rings (SSSR count). The quantitative estimate of drug-likeness (QED) is 0.851. The van der Waals surface area contributed by atoms with Crippen molar-refractivity contribution in [3.8, 4) is 0 Å². The Labute approximate surface area is 97.4 Å². The first kappa shape index (κ1) is 10.5.